The maximum absolute atomic E-state index is 13.0. The van der Waals surface area contributed by atoms with Gasteiger partial charge in [0, 0.05) is 5.92 Å². The van der Waals surface area contributed by atoms with Crippen molar-refractivity contribution in [3.63, 3.8) is 0 Å². The van der Waals surface area contributed by atoms with E-state index in [1.165, 1.54) is 4.57 Å². The molecule has 8 atom stereocenters. The number of fused-ring (bicyclic) bond motifs is 1. The highest BCUT2D eigenvalue weighted by Crippen LogP contribution is 2.80. The van der Waals surface area contributed by atoms with Gasteiger partial charge in [0.2, 0.25) is 0 Å². The van der Waals surface area contributed by atoms with Crippen molar-refractivity contribution in [1.82, 2.24) is 13.9 Å². The largest absolute Gasteiger partial charge is 0.352 e. The lowest BCUT2D eigenvalue weighted by atomic mass is 9.82. The number of benzene rings is 1. The molecule has 4 saturated carbocycles. The molecule has 2 heterocycles. The number of para-hydroxylation sites is 1. The van der Waals surface area contributed by atoms with Crippen LogP contribution in [0.15, 0.2) is 52.1 Å². The van der Waals surface area contributed by atoms with Crippen LogP contribution in [-0.2, 0) is 0 Å². The highest BCUT2D eigenvalue weighted by Gasteiger charge is 2.79. The molecule has 8 bridgehead atoms. The van der Waals surface area contributed by atoms with Crippen LogP contribution in [0.2, 0.25) is 0 Å². The summed E-state index contributed by atoms with van der Waals surface area (Å²) in [5, 5.41) is 0. The molecule has 5 heteroatoms. The van der Waals surface area contributed by atoms with Gasteiger partial charge in [0.25, 0.3) is 0 Å². The fourth-order valence-corrected chi connectivity index (χ4v) is 7.11. The van der Waals surface area contributed by atoms with E-state index >= 15 is 0 Å². The molecule has 0 amide bonds. The molecule has 2 unspecified atom stereocenters. The highest BCUT2D eigenvalue weighted by atomic mass is 16.2. The van der Waals surface area contributed by atoms with Gasteiger partial charge in [-0.15, -0.1) is 0 Å². The van der Waals surface area contributed by atoms with E-state index in [0.29, 0.717) is 41.2 Å². The molecule has 1 aromatic carbocycles. The van der Waals surface area contributed by atoms with Crippen molar-refractivity contribution in [1.29, 1.82) is 0 Å². The molecule has 5 aliphatic carbocycles. The first kappa shape index (κ1) is 11.3. The molecule has 0 spiro atoms. The van der Waals surface area contributed by atoms with Gasteiger partial charge < -0.3 is 0 Å². The standard InChI is InChI=1S/C18H15N3O2/c22-17-19(8-4-2-1-3-5-8)18(23)21-16-13-10-7-6-9-11(10)14(16)15(12(9)13)20(17)21/h1-7,9-16H/t9-,10-,11?,12-,13+,14?,15-,16+/m0/s1. The zero-order chi connectivity index (χ0) is 15.0. The third-order valence-corrected chi connectivity index (χ3v) is 7.39. The summed E-state index contributed by atoms with van der Waals surface area (Å²) in [7, 11) is 0. The Hall–Kier alpha value is -2.30. The minimum absolute atomic E-state index is 0.149. The maximum Gasteiger partial charge on any atom is 0.352 e. The molecular formula is C18H15N3O2. The zero-order valence-corrected chi connectivity index (χ0v) is 12.3. The molecule has 23 heavy (non-hydrogen) atoms. The summed E-state index contributed by atoms with van der Waals surface area (Å²) in [6.45, 7) is 0. The molecule has 0 N–H and O–H groups in total. The van der Waals surface area contributed by atoms with E-state index in [1.54, 1.807) is 0 Å². The number of nitrogens with zero attached hydrogens (tertiary/aromatic N) is 3. The van der Waals surface area contributed by atoms with Crippen LogP contribution >= 0.6 is 0 Å². The number of aromatic nitrogens is 3. The highest BCUT2D eigenvalue weighted by molar-refractivity contribution is 5.36. The third-order valence-electron chi connectivity index (χ3n) is 7.39. The van der Waals surface area contributed by atoms with Gasteiger partial charge in [0.15, 0.2) is 0 Å². The van der Waals surface area contributed by atoms with Crippen LogP contribution in [0.5, 0.6) is 0 Å². The molecule has 8 rings (SSSR count). The molecule has 4 fully saturated rings. The maximum atomic E-state index is 13.0. The van der Waals surface area contributed by atoms with Crippen LogP contribution in [0.25, 0.3) is 5.69 Å². The quantitative estimate of drug-likeness (QED) is 0.744. The van der Waals surface area contributed by atoms with Gasteiger partial charge in [-0.1, -0.05) is 30.4 Å². The first-order valence-corrected chi connectivity index (χ1v) is 8.49. The van der Waals surface area contributed by atoms with Crippen molar-refractivity contribution in [3.8, 4) is 5.69 Å². The van der Waals surface area contributed by atoms with E-state index < -0.39 is 0 Å². The smallest absolute Gasteiger partial charge is 0.245 e. The van der Waals surface area contributed by atoms with E-state index in [-0.39, 0.29) is 23.5 Å². The minimum atomic E-state index is -0.149. The monoisotopic (exact) mass is 305 g/mol. The lowest BCUT2D eigenvalue weighted by Crippen LogP contribution is -2.38. The Labute approximate surface area is 131 Å². The Morgan fingerprint density at radius 3 is 1.83 bits per heavy atom. The summed E-state index contributed by atoms with van der Waals surface area (Å²) in [5.74, 6) is 3.71. The van der Waals surface area contributed by atoms with Gasteiger partial charge in [-0.3, -0.25) is 0 Å². The number of hydrogen-bond donors (Lipinski definition) is 0. The van der Waals surface area contributed by atoms with Crippen molar-refractivity contribution in [3.05, 3.63) is 63.5 Å². The van der Waals surface area contributed by atoms with E-state index in [0.717, 1.165) is 0 Å². The van der Waals surface area contributed by atoms with Gasteiger partial charge >= 0.3 is 11.4 Å². The molecule has 2 aromatic rings. The Kier molecular flexibility index (Phi) is 1.55. The Bertz CT molecular complexity index is 967. The van der Waals surface area contributed by atoms with E-state index in [1.807, 2.05) is 39.7 Å². The summed E-state index contributed by atoms with van der Waals surface area (Å²) in [6.07, 6.45) is 4.76. The second-order valence-electron chi connectivity index (χ2n) is 7.76. The van der Waals surface area contributed by atoms with Gasteiger partial charge in [-0.25, -0.2) is 23.5 Å². The van der Waals surface area contributed by atoms with Crippen LogP contribution in [-0.4, -0.2) is 13.9 Å². The van der Waals surface area contributed by atoms with Crippen molar-refractivity contribution in [2.45, 2.75) is 12.1 Å². The second-order valence-corrected chi connectivity index (χ2v) is 7.76. The summed E-state index contributed by atoms with van der Waals surface area (Å²) in [5.41, 5.74) is 0.381. The minimum Gasteiger partial charge on any atom is -0.245 e. The number of allylic oxidation sites excluding steroid dienone is 2. The number of rotatable bonds is 1. The van der Waals surface area contributed by atoms with Crippen molar-refractivity contribution >= 4 is 0 Å². The molecule has 0 radical (unpaired) electrons. The number of hydrogen-bond acceptors (Lipinski definition) is 2. The fraction of sp³-hybridized carbons (Fsp3) is 0.444. The van der Waals surface area contributed by atoms with Crippen LogP contribution in [0.4, 0.5) is 0 Å². The molecule has 6 aliphatic rings. The lowest BCUT2D eigenvalue weighted by Gasteiger charge is -2.32. The fourth-order valence-electron chi connectivity index (χ4n) is 7.11. The van der Waals surface area contributed by atoms with E-state index in [2.05, 4.69) is 12.2 Å². The van der Waals surface area contributed by atoms with Crippen LogP contribution in [0, 0.1) is 35.5 Å². The van der Waals surface area contributed by atoms with Crippen molar-refractivity contribution < 1.29 is 0 Å². The molecule has 5 nitrogen and oxygen atoms in total. The van der Waals surface area contributed by atoms with Gasteiger partial charge in [0.1, 0.15) is 0 Å². The zero-order valence-electron chi connectivity index (χ0n) is 12.3. The van der Waals surface area contributed by atoms with Crippen LogP contribution < -0.4 is 11.4 Å². The predicted octanol–water partition coefficient (Wildman–Crippen LogP) is 1.20. The van der Waals surface area contributed by atoms with Gasteiger partial charge in [-0.2, -0.15) is 0 Å². The average Bonchev–Trinajstić information content (AvgIpc) is 3.36. The van der Waals surface area contributed by atoms with Crippen molar-refractivity contribution in [2.24, 2.45) is 35.5 Å². The molecule has 0 saturated heterocycles. The van der Waals surface area contributed by atoms with Crippen molar-refractivity contribution in [2.75, 3.05) is 0 Å². The molecule has 114 valence electrons. The Morgan fingerprint density at radius 2 is 1.26 bits per heavy atom. The Morgan fingerprint density at radius 1 is 0.696 bits per heavy atom. The molecule has 1 aromatic heterocycles. The molecular weight excluding hydrogens is 290 g/mol. The van der Waals surface area contributed by atoms with Crippen LogP contribution in [0.1, 0.15) is 12.1 Å². The molecule has 1 aliphatic heterocycles. The average molecular weight is 305 g/mol. The first-order valence-electron chi connectivity index (χ1n) is 8.49. The SMILES string of the molecule is O=c1n(-c2ccccc2)c(=O)n2n1[C@@H]1C3C4[C@@H]5C=C[C@@H]4[C@H]([C@@H]15)[C@H]32. The summed E-state index contributed by atoms with van der Waals surface area (Å²) < 4.78 is 4.99. The topological polar surface area (TPSA) is 48.9 Å². The van der Waals surface area contributed by atoms with Gasteiger partial charge in [0.05, 0.1) is 17.8 Å². The van der Waals surface area contributed by atoms with E-state index in [4.69, 9.17) is 0 Å². The summed E-state index contributed by atoms with van der Waals surface area (Å²) in [4.78, 5) is 26.0. The summed E-state index contributed by atoms with van der Waals surface area (Å²) >= 11 is 0. The van der Waals surface area contributed by atoms with Crippen LogP contribution in [0.3, 0.4) is 0 Å². The first-order chi connectivity index (χ1) is 11.3. The second kappa shape index (κ2) is 3.16. The van der Waals surface area contributed by atoms with Gasteiger partial charge in [-0.05, 0) is 41.7 Å². The predicted molar refractivity (Wildman–Crippen MR) is 82.4 cm³/mol. The summed E-state index contributed by atoms with van der Waals surface area (Å²) in [6, 6.07) is 9.82. The van der Waals surface area contributed by atoms with E-state index in [9.17, 15) is 9.59 Å². The third kappa shape index (κ3) is 0.902. The lowest BCUT2D eigenvalue weighted by molar-refractivity contribution is 0.176. The Balaban J connectivity index is 1.53. The normalized spacial score (nSPS) is 45.6.